The summed E-state index contributed by atoms with van der Waals surface area (Å²) in [7, 11) is 0. The molecule has 2 rings (SSSR count). The highest BCUT2D eigenvalue weighted by molar-refractivity contribution is 5.91. The Labute approximate surface area is 139 Å². The Morgan fingerprint density at radius 1 is 1.17 bits per heavy atom. The van der Waals surface area contributed by atoms with E-state index in [-0.39, 0.29) is 18.2 Å². The van der Waals surface area contributed by atoms with Crippen molar-refractivity contribution in [3.63, 3.8) is 0 Å². The number of hydrogen-bond acceptors (Lipinski definition) is 5. The number of nitrogens with zero attached hydrogens (tertiary/aromatic N) is 2. The molecule has 7 nitrogen and oxygen atoms in total. The van der Waals surface area contributed by atoms with Crippen molar-refractivity contribution in [1.82, 2.24) is 4.90 Å². The number of rotatable bonds is 7. The monoisotopic (exact) mass is 339 g/mol. The van der Waals surface area contributed by atoms with Crippen molar-refractivity contribution >= 4 is 24.2 Å². The molecule has 0 atom stereocenters. The van der Waals surface area contributed by atoms with Gasteiger partial charge >= 0.3 is 5.88 Å². The van der Waals surface area contributed by atoms with Crippen LogP contribution in [-0.4, -0.2) is 35.4 Å². The van der Waals surface area contributed by atoms with Gasteiger partial charge in [0.1, 0.15) is 4.92 Å². The highest BCUT2D eigenvalue weighted by Crippen LogP contribution is 2.17. The number of benzene rings is 1. The van der Waals surface area contributed by atoms with Gasteiger partial charge in [-0.05, 0) is 18.1 Å². The number of nitrogens with two attached hydrogens (primary N) is 1. The lowest BCUT2D eigenvalue weighted by Crippen LogP contribution is -2.36. The van der Waals surface area contributed by atoms with Crippen LogP contribution in [0.5, 0.6) is 0 Å². The third kappa shape index (κ3) is 5.08. The van der Waals surface area contributed by atoms with Crippen LogP contribution in [0.15, 0.2) is 46.9 Å². The quantitative estimate of drug-likeness (QED) is 0.615. The van der Waals surface area contributed by atoms with Gasteiger partial charge < -0.3 is 15.1 Å². The third-order valence-electron chi connectivity index (χ3n) is 3.18. The van der Waals surface area contributed by atoms with E-state index >= 15 is 0 Å². The molecule has 1 amide bonds. The van der Waals surface area contributed by atoms with Crippen molar-refractivity contribution in [1.29, 1.82) is 0 Å². The van der Waals surface area contributed by atoms with E-state index in [1.165, 1.54) is 17.0 Å². The summed E-state index contributed by atoms with van der Waals surface area (Å²) in [5.41, 5.74) is 6.63. The molecule has 0 aliphatic heterocycles. The minimum Gasteiger partial charge on any atom is -0.395 e. The Hall–Kier alpha value is -2.38. The molecule has 0 unspecified atom stereocenters. The summed E-state index contributed by atoms with van der Waals surface area (Å²) in [5.74, 6) is -0.887. The van der Waals surface area contributed by atoms with E-state index in [4.69, 9.17) is 10.2 Å². The topological polar surface area (TPSA) is 103 Å². The van der Waals surface area contributed by atoms with Gasteiger partial charge in [-0.1, -0.05) is 30.3 Å². The van der Waals surface area contributed by atoms with Gasteiger partial charge in [0.2, 0.25) is 0 Å². The lowest BCUT2D eigenvalue weighted by molar-refractivity contribution is -0.402. The molecule has 2 aromatic rings. The van der Waals surface area contributed by atoms with Crippen LogP contribution in [0.3, 0.4) is 0 Å². The van der Waals surface area contributed by atoms with Crippen LogP contribution in [0.2, 0.25) is 0 Å². The Kier molecular flexibility index (Phi) is 7.24. The van der Waals surface area contributed by atoms with E-state index in [9.17, 15) is 14.9 Å². The number of furan rings is 1. The van der Waals surface area contributed by atoms with Crippen LogP contribution in [0.25, 0.3) is 0 Å². The summed E-state index contributed by atoms with van der Waals surface area (Å²) in [6, 6.07) is 12.2. The van der Waals surface area contributed by atoms with Crippen LogP contribution in [0.1, 0.15) is 16.1 Å². The molecule has 0 bridgehead atoms. The van der Waals surface area contributed by atoms with E-state index < -0.39 is 16.7 Å². The second-order valence-electron chi connectivity index (χ2n) is 4.71. The summed E-state index contributed by atoms with van der Waals surface area (Å²) in [6.45, 7) is 1.14. The summed E-state index contributed by atoms with van der Waals surface area (Å²) in [6.07, 6.45) is 0.676. The van der Waals surface area contributed by atoms with Crippen LogP contribution in [-0.2, 0) is 6.42 Å². The lowest BCUT2D eigenvalue weighted by Gasteiger charge is -2.20. The summed E-state index contributed by atoms with van der Waals surface area (Å²) >= 11 is 0. The minimum atomic E-state index is -0.673. The highest BCUT2D eigenvalue weighted by atomic mass is 35.5. The van der Waals surface area contributed by atoms with Crippen LogP contribution in [0.4, 0.5) is 5.88 Å². The van der Waals surface area contributed by atoms with Crippen molar-refractivity contribution in [2.24, 2.45) is 5.73 Å². The second kappa shape index (κ2) is 8.92. The fourth-order valence-corrected chi connectivity index (χ4v) is 2.08. The number of halogens is 1. The Bertz CT molecular complexity index is 645. The number of carbonyl (C=O) groups excluding carboxylic acids is 1. The molecule has 0 fully saturated rings. The Balaban J connectivity index is 0.00000264. The van der Waals surface area contributed by atoms with Crippen molar-refractivity contribution in [3.05, 3.63) is 63.9 Å². The fourth-order valence-electron chi connectivity index (χ4n) is 2.08. The predicted octanol–water partition coefficient (Wildman–Crippen LogP) is 2.25. The number of nitro groups is 1. The zero-order chi connectivity index (χ0) is 15.9. The van der Waals surface area contributed by atoms with E-state index in [0.717, 1.165) is 5.56 Å². The largest absolute Gasteiger partial charge is 0.433 e. The zero-order valence-electron chi connectivity index (χ0n) is 12.4. The van der Waals surface area contributed by atoms with Crippen molar-refractivity contribution < 1.29 is 14.1 Å². The van der Waals surface area contributed by atoms with Gasteiger partial charge in [-0.15, -0.1) is 12.4 Å². The first-order chi connectivity index (χ1) is 10.6. The van der Waals surface area contributed by atoms with Crippen LogP contribution >= 0.6 is 12.4 Å². The van der Waals surface area contributed by atoms with Gasteiger partial charge in [0.25, 0.3) is 5.91 Å². The van der Waals surface area contributed by atoms with Gasteiger partial charge in [-0.25, -0.2) is 0 Å². The van der Waals surface area contributed by atoms with E-state index in [2.05, 4.69) is 0 Å². The normalized spacial score (nSPS) is 9.96. The van der Waals surface area contributed by atoms with E-state index in [1.807, 2.05) is 30.3 Å². The molecule has 0 spiro atoms. The smallest absolute Gasteiger partial charge is 0.395 e. The molecule has 23 heavy (non-hydrogen) atoms. The van der Waals surface area contributed by atoms with Crippen molar-refractivity contribution in [2.75, 3.05) is 19.6 Å². The average molecular weight is 340 g/mol. The standard InChI is InChI=1S/C15H17N3O4.ClH/c16-9-11-17(10-8-12-4-2-1-3-5-12)15(19)13-6-7-14(22-13)18(20)21;/h1-7H,8-11,16H2;1H. The molecule has 0 saturated carbocycles. The minimum absolute atomic E-state index is 0. The maximum atomic E-state index is 12.3. The van der Waals surface area contributed by atoms with Crippen LogP contribution in [0, 0.1) is 10.1 Å². The van der Waals surface area contributed by atoms with E-state index in [0.29, 0.717) is 26.1 Å². The SMILES string of the molecule is Cl.NCCN(CCc1ccccc1)C(=O)c1ccc([N+](=O)[O-])o1. The molecule has 8 heteroatoms. The van der Waals surface area contributed by atoms with Gasteiger partial charge in [0.05, 0.1) is 6.07 Å². The molecule has 2 N–H and O–H groups in total. The number of hydrogen-bond donors (Lipinski definition) is 1. The molecule has 0 aliphatic rings. The lowest BCUT2D eigenvalue weighted by atomic mass is 10.1. The third-order valence-corrected chi connectivity index (χ3v) is 3.18. The van der Waals surface area contributed by atoms with Crippen molar-refractivity contribution in [2.45, 2.75) is 6.42 Å². The maximum Gasteiger partial charge on any atom is 0.433 e. The molecule has 1 aromatic carbocycles. The zero-order valence-corrected chi connectivity index (χ0v) is 13.2. The Morgan fingerprint density at radius 2 is 1.87 bits per heavy atom. The summed E-state index contributed by atoms with van der Waals surface area (Å²) < 4.78 is 4.96. The van der Waals surface area contributed by atoms with E-state index in [1.54, 1.807) is 0 Å². The number of carbonyl (C=O) groups is 1. The second-order valence-corrected chi connectivity index (χ2v) is 4.71. The molecule has 124 valence electrons. The van der Waals surface area contributed by atoms with Gasteiger partial charge in [0.15, 0.2) is 5.76 Å². The maximum absolute atomic E-state index is 12.3. The highest BCUT2D eigenvalue weighted by Gasteiger charge is 2.22. The van der Waals surface area contributed by atoms with Gasteiger partial charge in [0, 0.05) is 19.6 Å². The molecule has 1 heterocycles. The molecule has 0 radical (unpaired) electrons. The molecular weight excluding hydrogens is 322 g/mol. The molecule has 1 aromatic heterocycles. The summed E-state index contributed by atoms with van der Waals surface area (Å²) in [4.78, 5) is 23.8. The Morgan fingerprint density at radius 3 is 2.43 bits per heavy atom. The van der Waals surface area contributed by atoms with Gasteiger partial charge in [-0.2, -0.15) is 0 Å². The number of amides is 1. The first-order valence-corrected chi connectivity index (χ1v) is 6.89. The van der Waals surface area contributed by atoms with Gasteiger partial charge in [-0.3, -0.25) is 14.9 Å². The van der Waals surface area contributed by atoms with Crippen LogP contribution < -0.4 is 5.73 Å². The fraction of sp³-hybridized carbons (Fsp3) is 0.267. The first kappa shape index (κ1) is 18.7. The molecule has 0 saturated heterocycles. The first-order valence-electron chi connectivity index (χ1n) is 6.89. The van der Waals surface area contributed by atoms with Crippen molar-refractivity contribution in [3.8, 4) is 0 Å². The summed E-state index contributed by atoms with van der Waals surface area (Å²) in [5, 5.41) is 10.6. The molecular formula is C15H18ClN3O4. The molecule has 0 aliphatic carbocycles. The average Bonchev–Trinajstić information content (AvgIpc) is 3.02. The predicted molar refractivity (Wildman–Crippen MR) is 87.7 cm³/mol.